The molecule has 0 bridgehead atoms. The molecule has 0 radical (unpaired) electrons. The highest BCUT2D eigenvalue weighted by Crippen LogP contribution is 2.38. The monoisotopic (exact) mass is 384 g/mol. The molecule has 1 saturated carbocycles. The SMILES string of the molecule is CC(=Cc1ccccc1)C1CC1NC1CCNC(=O)C1.O=C(O)C(F)(F)F. The Labute approximate surface area is 155 Å². The van der Waals surface area contributed by atoms with Gasteiger partial charge in [-0.3, -0.25) is 4.79 Å². The predicted molar refractivity (Wildman–Crippen MR) is 94.8 cm³/mol. The third kappa shape index (κ3) is 7.05. The molecular weight excluding hydrogens is 361 g/mol. The Morgan fingerprint density at radius 3 is 2.48 bits per heavy atom. The van der Waals surface area contributed by atoms with Crippen LogP contribution in [0.15, 0.2) is 35.9 Å². The summed E-state index contributed by atoms with van der Waals surface area (Å²) in [6.07, 6.45) is 0.0777. The van der Waals surface area contributed by atoms with E-state index in [1.54, 1.807) is 0 Å². The zero-order valence-corrected chi connectivity index (χ0v) is 14.9. The van der Waals surface area contributed by atoms with Gasteiger partial charge in [0.15, 0.2) is 0 Å². The fraction of sp³-hybridized carbons (Fsp3) is 0.474. The molecule has 2 fully saturated rings. The lowest BCUT2D eigenvalue weighted by molar-refractivity contribution is -0.192. The number of nitrogens with one attached hydrogen (secondary N) is 2. The topological polar surface area (TPSA) is 78.4 Å². The van der Waals surface area contributed by atoms with Crippen LogP contribution in [0.2, 0.25) is 0 Å². The van der Waals surface area contributed by atoms with Crippen molar-refractivity contribution in [3.63, 3.8) is 0 Å². The van der Waals surface area contributed by atoms with Gasteiger partial charge < -0.3 is 15.7 Å². The summed E-state index contributed by atoms with van der Waals surface area (Å²) in [5.41, 5.74) is 2.71. The van der Waals surface area contributed by atoms with Gasteiger partial charge >= 0.3 is 12.1 Å². The Balaban J connectivity index is 0.000000321. The van der Waals surface area contributed by atoms with Crippen LogP contribution in [-0.2, 0) is 9.59 Å². The number of rotatable bonds is 4. The molecule has 3 rings (SSSR count). The van der Waals surface area contributed by atoms with Gasteiger partial charge in [-0.05, 0) is 31.2 Å². The number of piperidine rings is 1. The third-order valence-corrected chi connectivity index (χ3v) is 4.51. The number of carboxylic acid groups (broad SMARTS) is 1. The highest BCUT2D eigenvalue weighted by Gasteiger charge is 2.40. The maximum absolute atomic E-state index is 11.4. The van der Waals surface area contributed by atoms with E-state index in [0.29, 0.717) is 24.4 Å². The van der Waals surface area contributed by atoms with E-state index in [9.17, 15) is 18.0 Å². The van der Waals surface area contributed by atoms with E-state index >= 15 is 0 Å². The Morgan fingerprint density at radius 2 is 1.93 bits per heavy atom. The van der Waals surface area contributed by atoms with Crippen LogP contribution in [0.25, 0.3) is 6.08 Å². The number of alkyl halides is 3. The smallest absolute Gasteiger partial charge is 0.475 e. The fourth-order valence-electron chi connectivity index (χ4n) is 3.03. The van der Waals surface area contributed by atoms with Crippen LogP contribution in [0.4, 0.5) is 13.2 Å². The number of amides is 1. The molecule has 1 aliphatic carbocycles. The van der Waals surface area contributed by atoms with Crippen molar-refractivity contribution in [1.29, 1.82) is 0 Å². The van der Waals surface area contributed by atoms with Crippen molar-refractivity contribution >= 4 is 18.0 Å². The summed E-state index contributed by atoms with van der Waals surface area (Å²) >= 11 is 0. The Bertz CT molecular complexity index is 689. The van der Waals surface area contributed by atoms with Crippen molar-refractivity contribution in [2.75, 3.05) is 6.54 Å². The Hall–Kier alpha value is -2.35. The molecule has 1 aromatic carbocycles. The molecule has 5 nitrogen and oxygen atoms in total. The highest BCUT2D eigenvalue weighted by atomic mass is 19.4. The number of hydrogen-bond acceptors (Lipinski definition) is 3. The van der Waals surface area contributed by atoms with Crippen LogP contribution in [-0.4, -0.2) is 41.8 Å². The number of carboxylic acids is 1. The molecule has 148 valence electrons. The van der Waals surface area contributed by atoms with E-state index < -0.39 is 12.1 Å². The molecule has 1 amide bonds. The van der Waals surface area contributed by atoms with E-state index in [2.05, 4.69) is 47.9 Å². The lowest BCUT2D eigenvalue weighted by atomic mass is 10.1. The number of halogens is 3. The van der Waals surface area contributed by atoms with Crippen molar-refractivity contribution in [2.45, 2.75) is 44.4 Å². The van der Waals surface area contributed by atoms with Crippen molar-refractivity contribution < 1.29 is 27.9 Å². The Morgan fingerprint density at radius 1 is 1.30 bits per heavy atom. The maximum Gasteiger partial charge on any atom is 0.490 e. The van der Waals surface area contributed by atoms with Gasteiger partial charge in [0.1, 0.15) is 0 Å². The fourth-order valence-corrected chi connectivity index (χ4v) is 3.03. The van der Waals surface area contributed by atoms with E-state index in [0.717, 1.165) is 13.0 Å². The second-order valence-corrected chi connectivity index (χ2v) is 6.76. The standard InChI is InChI=1S/C17H22N2O.C2HF3O2/c1-12(9-13-5-3-2-4-6-13)15-11-16(15)19-14-7-8-18-17(20)10-14;3-2(4,5)1(6)7/h2-6,9,14-16,19H,7-8,10-11H2,1H3,(H,18,20);(H,6,7). The van der Waals surface area contributed by atoms with E-state index in [1.165, 1.54) is 17.6 Å². The van der Waals surface area contributed by atoms with Crippen molar-refractivity contribution in [3.8, 4) is 0 Å². The summed E-state index contributed by atoms with van der Waals surface area (Å²) in [5.74, 6) is -1.94. The molecule has 3 atom stereocenters. The molecule has 0 aromatic heterocycles. The van der Waals surface area contributed by atoms with Gasteiger partial charge in [-0.1, -0.05) is 42.0 Å². The van der Waals surface area contributed by atoms with Crippen LogP contribution >= 0.6 is 0 Å². The first-order valence-corrected chi connectivity index (χ1v) is 8.73. The van der Waals surface area contributed by atoms with Crippen LogP contribution in [0.1, 0.15) is 31.7 Å². The van der Waals surface area contributed by atoms with Crippen LogP contribution in [0.3, 0.4) is 0 Å². The molecule has 8 heteroatoms. The molecule has 27 heavy (non-hydrogen) atoms. The minimum absolute atomic E-state index is 0.183. The third-order valence-electron chi connectivity index (χ3n) is 4.51. The first-order chi connectivity index (χ1) is 12.7. The first-order valence-electron chi connectivity index (χ1n) is 8.73. The molecule has 1 aromatic rings. The number of aliphatic carboxylic acids is 1. The van der Waals surface area contributed by atoms with Gasteiger partial charge in [0, 0.05) is 25.0 Å². The number of benzene rings is 1. The van der Waals surface area contributed by atoms with Crippen molar-refractivity contribution in [2.24, 2.45) is 5.92 Å². The normalized spacial score (nSPS) is 25.1. The molecule has 3 N–H and O–H groups in total. The molecule has 3 unspecified atom stereocenters. The van der Waals surface area contributed by atoms with Gasteiger partial charge in [-0.25, -0.2) is 4.79 Å². The van der Waals surface area contributed by atoms with E-state index in [4.69, 9.17) is 9.90 Å². The Kier molecular flexibility index (Phi) is 7.01. The predicted octanol–water partition coefficient (Wildman–Crippen LogP) is 2.98. The summed E-state index contributed by atoms with van der Waals surface area (Å²) in [5, 5.41) is 13.6. The number of carbonyl (C=O) groups is 2. The number of hydrogen-bond donors (Lipinski definition) is 3. The molecule has 0 spiro atoms. The second kappa shape index (κ2) is 9.03. The average molecular weight is 384 g/mol. The van der Waals surface area contributed by atoms with E-state index in [1.807, 2.05) is 6.07 Å². The molecular formula is C19H23F3N2O3. The zero-order chi connectivity index (χ0) is 20.0. The van der Waals surface area contributed by atoms with Gasteiger partial charge in [0.2, 0.25) is 5.91 Å². The zero-order valence-electron chi connectivity index (χ0n) is 14.9. The molecule has 2 aliphatic rings. The summed E-state index contributed by atoms with van der Waals surface area (Å²) in [7, 11) is 0. The van der Waals surface area contributed by atoms with Gasteiger partial charge in [-0.15, -0.1) is 0 Å². The lowest BCUT2D eigenvalue weighted by Crippen LogP contribution is -2.44. The van der Waals surface area contributed by atoms with Gasteiger partial charge in [0.05, 0.1) is 0 Å². The summed E-state index contributed by atoms with van der Waals surface area (Å²) < 4.78 is 31.7. The summed E-state index contributed by atoms with van der Waals surface area (Å²) in [4.78, 5) is 20.3. The first kappa shape index (κ1) is 21.0. The van der Waals surface area contributed by atoms with Gasteiger partial charge in [-0.2, -0.15) is 13.2 Å². The van der Waals surface area contributed by atoms with E-state index in [-0.39, 0.29) is 5.91 Å². The minimum atomic E-state index is -5.08. The second-order valence-electron chi connectivity index (χ2n) is 6.76. The minimum Gasteiger partial charge on any atom is -0.475 e. The van der Waals surface area contributed by atoms with Crippen LogP contribution in [0.5, 0.6) is 0 Å². The molecule has 1 aliphatic heterocycles. The largest absolute Gasteiger partial charge is 0.490 e. The van der Waals surface area contributed by atoms with Crippen molar-refractivity contribution in [1.82, 2.24) is 10.6 Å². The van der Waals surface area contributed by atoms with Crippen molar-refractivity contribution in [3.05, 3.63) is 41.5 Å². The number of carbonyl (C=O) groups excluding carboxylic acids is 1. The van der Waals surface area contributed by atoms with Crippen LogP contribution in [0, 0.1) is 5.92 Å². The quantitative estimate of drug-likeness (QED) is 0.746. The summed E-state index contributed by atoms with van der Waals surface area (Å²) in [6, 6.07) is 11.4. The van der Waals surface area contributed by atoms with Crippen LogP contribution < -0.4 is 10.6 Å². The maximum atomic E-state index is 11.4. The molecule has 1 heterocycles. The highest BCUT2D eigenvalue weighted by molar-refractivity contribution is 5.77. The summed E-state index contributed by atoms with van der Waals surface area (Å²) in [6.45, 7) is 3.03. The van der Waals surface area contributed by atoms with Gasteiger partial charge in [0.25, 0.3) is 0 Å². The molecule has 1 saturated heterocycles. The lowest BCUT2D eigenvalue weighted by Gasteiger charge is -2.23. The average Bonchev–Trinajstić information content (AvgIpc) is 3.35.